The zero-order chi connectivity index (χ0) is 12.3. The van der Waals surface area contributed by atoms with Gasteiger partial charge in [-0.15, -0.1) is 0 Å². The van der Waals surface area contributed by atoms with Crippen LogP contribution in [-0.2, 0) is 6.54 Å². The van der Waals surface area contributed by atoms with Crippen LogP contribution in [0.4, 0.5) is 0 Å². The molecule has 0 aliphatic heterocycles. The van der Waals surface area contributed by atoms with E-state index in [0.717, 1.165) is 11.6 Å². The molecule has 0 spiro atoms. The summed E-state index contributed by atoms with van der Waals surface area (Å²) in [5.74, 6) is 1.87. The minimum atomic E-state index is 0.169. The van der Waals surface area contributed by atoms with Crippen LogP contribution in [-0.4, -0.2) is 14.8 Å². The number of aromatic nitrogens is 3. The van der Waals surface area contributed by atoms with E-state index in [4.69, 9.17) is 4.42 Å². The molecule has 0 radical (unpaired) electrons. The van der Waals surface area contributed by atoms with E-state index in [9.17, 15) is 0 Å². The maximum Gasteiger partial charge on any atom is 0.141 e. The quantitative estimate of drug-likeness (QED) is 0.862. The monoisotopic (exact) mass is 234 g/mol. The van der Waals surface area contributed by atoms with Gasteiger partial charge in [-0.05, 0) is 32.9 Å². The number of furan rings is 1. The molecule has 0 amide bonds. The van der Waals surface area contributed by atoms with E-state index >= 15 is 0 Å². The molecule has 5 nitrogen and oxygen atoms in total. The lowest BCUT2D eigenvalue weighted by Crippen LogP contribution is -2.21. The smallest absolute Gasteiger partial charge is 0.141 e. The molecular weight excluding hydrogens is 216 g/mol. The van der Waals surface area contributed by atoms with E-state index in [1.54, 1.807) is 12.6 Å². The van der Waals surface area contributed by atoms with Gasteiger partial charge in [-0.3, -0.25) is 0 Å². The second kappa shape index (κ2) is 5.14. The van der Waals surface area contributed by atoms with Crippen LogP contribution < -0.4 is 5.32 Å². The second-order valence-corrected chi connectivity index (χ2v) is 4.33. The van der Waals surface area contributed by atoms with Crippen LogP contribution in [0.3, 0.4) is 0 Å². The number of nitrogens with zero attached hydrogens (tertiary/aromatic N) is 3. The minimum absolute atomic E-state index is 0.169. The summed E-state index contributed by atoms with van der Waals surface area (Å²) >= 11 is 0. The van der Waals surface area contributed by atoms with Crippen molar-refractivity contribution in [3.05, 3.63) is 36.3 Å². The Hall–Kier alpha value is -1.62. The third-order valence-electron chi connectivity index (χ3n) is 2.67. The molecule has 0 fully saturated rings. The molecule has 0 aromatic carbocycles. The van der Waals surface area contributed by atoms with Crippen LogP contribution >= 0.6 is 0 Å². The van der Waals surface area contributed by atoms with E-state index in [1.807, 2.05) is 16.8 Å². The van der Waals surface area contributed by atoms with Crippen LogP contribution in [0.15, 0.2) is 29.1 Å². The number of nitrogens with one attached hydrogen (secondary N) is 1. The number of hydrogen-bond acceptors (Lipinski definition) is 4. The fraction of sp³-hybridized carbons (Fsp3) is 0.500. The maximum atomic E-state index is 5.34. The van der Waals surface area contributed by atoms with Crippen molar-refractivity contribution in [3.8, 4) is 0 Å². The van der Waals surface area contributed by atoms with Crippen molar-refractivity contribution in [2.45, 2.75) is 39.4 Å². The number of rotatable bonds is 5. The van der Waals surface area contributed by atoms with Gasteiger partial charge in [0.25, 0.3) is 0 Å². The van der Waals surface area contributed by atoms with Crippen molar-refractivity contribution in [2.75, 3.05) is 0 Å². The van der Waals surface area contributed by atoms with E-state index in [1.165, 1.54) is 0 Å². The maximum absolute atomic E-state index is 5.34. The van der Waals surface area contributed by atoms with Crippen LogP contribution in [0, 0.1) is 0 Å². The molecule has 17 heavy (non-hydrogen) atoms. The Kier molecular flexibility index (Phi) is 3.58. The highest BCUT2D eigenvalue weighted by Crippen LogP contribution is 2.13. The van der Waals surface area contributed by atoms with Crippen LogP contribution in [0.2, 0.25) is 0 Å². The molecule has 2 rings (SSSR count). The molecule has 0 saturated carbocycles. The van der Waals surface area contributed by atoms with Crippen molar-refractivity contribution in [2.24, 2.45) is 0 Å². The van der Waals surface area contributed by atoms with Crippen molar-refractivity contribution >= 4 is 0 Å². The molecule has 2 aromatic rings. The Bertz CT molecular complexity index is 447. The van der Waals surface area contributed by atoms with Gasteiger partial charge in [0.05, 0.1) is 18.8 Å². The SMILES string of the molecule is CC(C)n1ncnc1CN[C@@H](C)c1ccco1. The molecule has 92 valence electrons. The normalized spacial score (nSPS) is 13.2. The Labute approximate surface area is 101 Å². The first-order valence-corrected chi connectivity index (χ1v) is 5.83. The minimum Gasteiger partial charge on any atom is -0.468 e. The van der Waals surface area contributed by atoms with Gasteiger partial charge in [-0.2, -0.15) is 5.10 Å². The Balaban J connectivity index is 1.96. The van der Waals surface area contributed by atoms with E-state index in [-0.39, 0.29) is 6.04 Å². The Morgan fingerprint density at radius 2 is 2.24 bits per heavy atom. The lowest BCUT2D eigenvalue weighted by Gasteiger charge is -2.13. The van der Waals surface area contributed by atoms with Crippen molar-refractivity contribution in [1.29, 1.82) is 0 Å². The summed E-state index contributed by atoms with van der Waals surface area (Å²) in [7, 11) is 0. The molecule has 0 aliphatic rings. The summed E-state index contributed by atoms with van der Waals surface area (Å²) in [6, 6.07) is 4.35. The van der Waals surface area contributed by atoms with Gasteiger partial charge in [0, 0.05) is 6.04 Å². The molecule has 2 aromatic heterocycles. The Morgan fingerprint density at radius 3 is 2.88 bits per heavy atom. The topological polar surface area (TPSA) is 55.9 Å². The molecule has 2 heterocycles. The lowest BCUT2D eigenvalue weighted by atomic mass is 10.2. The molecule has 1 atom stereocenters. The molecular formula is C12H18N4O. The van der Waals surface area contributed by atoms with Gasteiger partial charge in [0.1, 0.15) is 17.9 Å². The van der Waals surface area contributed by atoms with E-state index in [2.05, 4.69) is 36.2 Å². The van der Waals surface area contributed by atoms with Gasteiger partial charge in [0.15, 0.2) is 0 Å². The van der Waals surface area contributed by atoms with Gasteiger partial charge in [0.2, 0.25) is 0 Å². The lowest BCUT2D eigenvalue weighted by molar-refractivity contribution is 0.415. The summed E-state index contributed by atoms with van der Waals surface area (Å²) in [5, 5.41) is 7.56. The van der Waals surface area contributed by atoms with Crippen molar-refractivity contribution in [1.82, 2.24) is 20.1 Å². The average Bonchev–Trinajstić information content (AvgIpc) is 2.96. The summed E-state index contributed by atoms with van der Waals surface area (Å²) in [5.41, 5.74) is 0. The molecule has 5 heteroatoms. The molecule has 1 N–H and O–H groups in total. The van der Waals surface area contributed by atoms with E-state index < -0.39 is 0 Å². The van der Waals surface area contributed by atoms with Crippen LogP contribution in [0.25, 0.3) is 0 Å². The fourth-order valence-electron chi connectivity index (χ4n) is 1.71. The largest absolute Gasteiger partial charge is 0.468 e. The zero-order valence-electron chi connectivity index (χ0n) is 10.4. The fourth-order valence-corrected chi connectivity index (χ4v) is 1.71. The van der Waals surface area contributed by atoms with Crippen molar-refractivity contribution < 1.29 is 4.42 Å². The van der Waals surface area contributed by atoms with Crippen molar-refractivity contribution in [3.63, 3.8) is 0 Å². The first-order chi connectivity index (χ1) is 8.18. The van der Waals surface area contributed by atoms with Crippen LogP contribution in [0.5, 0.6) is 0 Å². The third kappa shape index (κ3) is 2.74. The first kappa shape index (κ1) is 11.9. The average molecular weight is 234 g/mol. The standard InChI is InChI=1S/C12H18N4O/c1-9(2)16-12(14-8-15-16)7-13-10(3)11-5-4-6-17-11/h4-6,8-10,13H,7H2,1-3H3/t10-/m0/s1. The number of hydrogen-bond donors (Lipinski definition) is 1. The molecule has 0 unspecified atom stereocenters. The van der Waals surface area contributed by atoms with Crippen LogP contribution in [0.1, 0.15) is 44.4 Å². The second-order valence-electron chi connectivity index (χ2n) is 4.33. The molecule has 0 bridgehead atoms. The van der Waals surface area contributed by atoms with Gasteiger partial charge >= 0.3 is 0 Å². The highest BCUT2D eigenvalue weighted by molar-refractivity contribution is 5.03. The summed E-state index contributed by atoms with van der Waals surface area (Å²) in [6.07, 6.45) is 3.28. The highest BCUT2D eigenvalue weighted by atomic mass is 16.3. The summed E-state index contributed by atoms with van der Waals surface area (Å²) < 4.78 is 7.26. The summed E-state index contributed by atoms with van der Waals surface area (Å²) in [6.45, 7) is 6.93. The van der Waals surface area contributed by atoms with Gasteiger partial charge in [-0.25, -0.2) is 9.67 Å². The predicted molar refractivity (Wildman–Crippen MR) is 64.4 cm³/mol. The summed E-state index contributed by atoms with van der Waals surface area (Å²) in [4.78, 5) is 4.25. The predicted octanol–water partition coefficient (Wildman–Crippen LogP) is 2.30. The molecule has 0 saturated heterocycles. The van der Waals surface area contributed by atoms with Gasteiger partial charge < -0.3 is 9.73 Å². The first-order valence-electron chi connectivity index (χ1n) is 5.83. The van der Waals surface area contributed by atoms with Gasteiger partial charge in [-0.1, -0.05) is 0 Å². The molecule has 0 aliphatic carbocycles. The Morgan fingerprint density at radius 1 is 1.41 bits per heavy atom. The third-order valence-corrected chi connectivity index (χ3v) is 2.67. The zero-order valence-corrected chi connectivity index (χ0v) is 10.4. The highest BCUT2D eigenvalue weighted by Gasteiger charge is 2.11. The van der Waals surface area contributed by atoms with E-state index in [0.29, 0.717) is 12.6 Å².